The second-order valence-electron chi connectivity index (χ2n) is 5.11. The standard InChI is InChI=1S/C11H19NO2/c12-7-11(6-10(13)14)4-3-8-1-2-9(8)5-11/h8-9H,1-7,12H2,(H,13,14)/t8-,9+,11-/m1/s1. The highest BCUT2D eigenvalue weighted by Crippen LogP contribution is 2.52. The van der Waals surface area contributed by atoms with Crippen LogP contribution in [0.15, 0.2) is 0 Å². The summed E-state index contributed by atoms with van der Waals surface area (Å²) in [5.41, 5.74) is 5.68. The second-order valence-corrected chi connectivity index (χ2v) is 5.11. The van der Waals surface area contributed by atoms with Crippen molar-refractivity contribution in [3.05, 3.63) is 0 Å². The minimum absolute atomic E-state index is 0.0760. The largest absolute Gasteiger partial charge is 0.481 e. The lowest BCUT2D eigenvalue weighted by atomic mass is 9.56. The van der Waals surface area contributed by atoms with Crippen LogP contribution in [0.25, 0.3) is 0 Å². The van der Waals surface area contributed by atoms with Gasteiger partial charge in [0.25, 0.3) is 0 Å². The second kappa shape index (κ2) is 3.54. The van der Waals surface area contributed by atoms with E-state index in [1.54, 1.807) is 0 Å². The summed E-state index contributed by atoms with van der Waals surface area (Å²) >= 11 is 0. The van der Waals surface area contributed by atoms with E-state index >= 15 is 0 Å². The molecule has 0 amide bonds. The Morgan fingerprint density at radius 1 is 1.36 bits per heavy atom. The Labute approximate surface area is 84.7 Å². The van der Waals surface area contributed by atoms with Crippen LogP contribution < -0.4 is 5.73 Å². The lowest BCUT2D eigenvalue weighted by Crippen LogP contribution is -2.44. The van der Waals surface area contributed by atoms with E-state index in [9.17, 15) is 4.79 Å². The fourth-order valence-electron chi connectivity index (χ4n) is 3.18. The van der Waals surface area contributed by atoms with Crippen LogP contribution in [0.4, 0.5) is 0 Å². The molecule has 2 saturated carbocycles. The van der Waals surface area contributed by atoms with Gasteiger partial charge in [0.1, 0.15) is 0 Å². The van der Waals surface area contributed by atoms with E-state index < -0.39 is 5.97 Å². The van der Waals surface area contributed by atoms with Crippen molar-refractivity contribution in [2.75, 3.05) is 6.54 Å². The summed E-state index contributed by atoms with van der Waals surface area (Å²) in [6.45, 7) is 0.544. The van der Waals surface area contributed by atoms with Gasteiger partial charge in [0, 0.05) is 0 Å². The van der Waals surface area contributed by atoms with Gasteiger partial charge in [-0.05, 0) is 55.9 Å². The van der Waals surface area contributed by atoms with Crippen molar-refractivity contribution < 1.29 is 9.90 Å². The lowest BCUT2D eigenvalue weighted by Gasteiger charge is -2.49. The maximum absolute atomic E-state index is 10.8. The third kappa shape index (κ3) is 1.65. The fourth-order valence-corrected chi connectivity index (χ4v) is 3.18. The monoisotopic (exact) mass is 197 g/mol. The fraction of sp³-hybridized carbons (Fsp3) is 0.909. The molecule has 0 bridgehead atoms. The first-order chi connectivity index (χ1) is 6.65. The van der Waals surface area contributed by atoms with E-state index in [-0.39, 0.29) is 11.8 Å². The van der Waals surface area contributed by atoms with Crippen LogP contribution in [0.5, 0.6) is 0 Å². The van der Waals surface area contributed by atoms with E-state index in [1.165, 1.54) is 19.3 Å². The van der Waals surface area contributed by atoms with Crippen molar-refractivity contribution in [1.82, 2.24) is 0 Å². The Morgan fingerprint density at radius 2 is 2.07 bits per heavy atom. The molecule has 3 heteroatoms. The summed E-state index contributed by atoms with van der Waals surface area (Å²) < 4.78 is 0. The van der Waals surface area contributed by atoms with E-state index in [1.807, 2.05) is 0 Å². The molecule has 0 aromatic rings. The molecule has 0 heterocycles. The number of fused-ring (bicyclic) bond motifs is 1. The normalized spacial score (nSPS) is 41.2. The number of hydrogen-bond donors (Lipinski definition) is 2. The molecule has 0 radical (unpaired) electrons. The van der Waals surface area contributed by atoms with Crippen molar-refractivity contribution >= 4 is 5.97 Å². The predicted molar refractivity (Wildman–Crippen MR) is 53.8 cm³/mol. The van der Waals surface area contributed by atoms with Crippen molar-refractivity contribution in [3.8, 4) is 0 Å². The third-order valence-corrected chi connectivity index (χ3v) is 4.27. The van der Waals surface area contributed by atoms with Gasteiger partial charge in [-0.3, -0.25) is 4.79 Å². The molecule has 0 saturated heterocycles. The van der Waals surface area contributed by atoms with Gasteiger partial charge < -0.3 is 10.8 Å². The van der Waals surface area contributed by atoms with E-state index in [0.717, 1.165) is 24.7 Å². The molecule has 2 aliphatic rings. The molecule has 3 nitrogen and oxygen atoms in total. The highest BCUT2D eigenvalue weighted by Gasteiger charge is 2.44. The average molecular weight is 197 g/mol. The van der Waals surface area contributed by atoms with Gasteiger partial charge >= 0.3 is 5.97 Å². The Hall–Kier alpha value is -0.570. The maximum Gasteiger partial charge on any atom is 0.303 e. The Morgan fingerprint density at radius 3 is 2.50 bits per heavy atom. The van der Waals surface area contributed by atoms with Crippen LogP contribution in [0, 0.1) is 17.3 Å². The molecule has 0 aromatic carbocycles. The van der Waals surface area contributed by atoms with E-state index in [0.29, 0.717) is 6.54 Å². The van der Waals surface area contributed by atoms with Gasteiger partial charge in [-0.15, -0.1) is 0 Å². The zero-order valence-electron chi connectivity index (χ0n) is 8.54. The van der Waals surface area contributed by atoms with Crippen molar-refractivity contribution in [1.29, 1.82) is 0 Å². The molecule has 80 valence electrons. The van der Waals surface area contributed by atoms with Crippen LogP contribution in [0.1, 0.15) is 38.5 Å². The predicted octanol–water partition coefficient (Wildman–Crippen LogP) is 1.62. The first-order valence-electron chi connectivity index (χ1n) is 5.57. The molecule has 2 fully saturated rings. The maximum atomic E-state index is 10.8. The Balaban J connectivity index is 2.01. The summed E-state index contributed by atoms with van der Waals surface area (Å²) in [5.74, 6) is 0.989. The number of carbonyl (C=O) groups is 1. The van der Waals surface area contributed by atoms with Gasteiger partial charge in [0.15, 0.2) is 0 Å². The van der Waals surface area contributed by atoms with Gasteiger partial charge in [-0.1, -0.05) is 0 Å². The minimum Gasteiger partial charge on any atom is -0.481 e. The quantitative estimate of drug-likeness (QED) is 0.722. The molecule has 3 atom stereocenters. The molecule has 0 aliphatic heterocycles. The Bertz CT molecular complexity index is 241. The highest BCUT2D eigenvalue weighted by molar-refractivity contribution is 5.67. The zero-order chi connectivity index (χ0) is 10.2. The van der Waals surface area contributed by atoms with Gasteiger partial charge in [-0.25, -0.2) is 0 Å². The topological polar surface area (TPSA) is 63.3 Å². The summed E-state index contributed by atoms with van der Waals surface area (Å²) in [6.07, 6.45) is 6.21. The molecule has 0 aromatic heterocycles. The smallest absolute Gasteiger partial charge is 0.303 e. The molecule has 3 N–H and O–H groups in total. The van der Waals surface area contributed by atoms with Gasteiger partial charge in [0.2, 0.25) is 0 Å². The molecule has 2 rings (SSSR count). The number of rotatable bonds is 3. The third-order valence-electron chi connectivity index (χ3n) is 4.27. The SMILES string of the molecule is NC[C@]1(CC(=O)O)CC[C@H]2CC[C@H]2C1. The summed E-state index contributed by atoms with van der Waals surface area (Å²) in [6, 6.07) is 0. The van der Waals surface area contributed by atoms with Gasteiger partial charge in [0.05, 0.1) is 6.42 Å². The molecular formula is C11H19NO2. The lowest BCUT2D eigenvalue weighted by molar-refractivity contribution is -0.141. The minimum atomic E-state index is -0.687. The van der Waals surface area contributed by atoms with Crippen molar-refractivity contribution in [3.63, 3.8) is 0 Å². The average Bonchev–Trinajstić information content (AvgIpc) is 2.09. The highest BCUT2D eigenvalue weighted by atomic mass is 16.4. The molecule has 14 heavy (non-hydrogen) atoms. The van der Waals surface area contributed by atoms with Crippen LogP contribution >= 0.6 is 0 Å². The molecule has 0 spiro atoms. The van der Waals surface area contributed by atoms with Gasteiger partial charge in [-0.2, -0.15) is 0 Å². The number of aliphatic carboxylic acids is 1. The van der Waals surface area contributed by atoms with Crippen LogP contribution in [0.2, 0.25) is 0 Å². The summed E-state index contributed by atoms with van der Waals surface area (Å²) in [7, 11) is 0. The molecular weight excluding hydrogens is 178 g/mol. The van der Waals surface area contributed by atoms with E-state index in [4.69, 9.17) is 10.8 Å². The number of nitrogens with two attached hydrogens (primary N) is 1. The Kier molecular flexibility index (Phi) is 2.52. The van der Waals surface area contributed by atoms with Crippen LogP contribution in [0.3, 0.4) is 0 Å². The van der Waals surface area contributed by atoms with Crippen molar-refractivity contribution in [2.24, 2.45) is 23.0 Å². The van der Waals surface area contributed by atoms with Crippen LogP contribution in [-0.2, 0) is 4.79 Å². The van der Waals surface area contributed by atoms with Crippen molar-refractivity contribution in [2.45, 2.75) is 38.5 Å². The number of carboxylic acid groups (broad SMARTS) is 1. The first kappa shape index (κ1) is 9.97. The summed E-state index contributed by atoms with van der Waals surface area (Å²) in [4.78, 5) is 10.8. The molecule has 0 unspecified atom stereocenters. The zero-order valence-corrected chi connectivity index (χ0v) is 8.54. The van der Waals surface area contributed by atoms with Crippen LogP contribution in [-0.4, -0.2) is 17.6 Å². The number of hydrogen-bond acceptors (Lipinski definition) is 2. The molecule has 2 aliphatic carbocycles. The number of carboxylic acids is 1. The summed E-state index contributed by atoms with van der Waals surface area (Å²) in [5, 5.41) is 8.88. The first-order valence-corrected chi connectivity index (χ1v) is 5.57. The van der Waals surface area contributed by atoms with E-state index in [2.05, 4.69) is 0 Å².